The van der Waals surface area contributed by atoms with Gasteiger partial charge in [-0.3, -0.25) is 14.4 Å². The monoisotopic (exact) mass is 431 g/mol. The summed E-state index contributed by atoms with van der Waals surface area (Å²) in [5.41, 5.74) is 12.5. The molecule has 1 saturated carbocycles. The van der Waals surface area contributed by atoms with E-state index >= 15 is 0 Å². The molecule has 164 valence electrons. The number of nitrogens with two attached hydrogens (primary N) is 3. The summed E-state index contributed by atoms with van der Waals surface area (Å²) in [4.78, 5) is 37.4. The SMILES string of the molecule is CC1c2c(N)cc(N)c(O)c2C(O)=C2C(=O)[C@]3(O)C(O)=C(C(N)=O)C(=O)C[C@@H]3C(O)[C@@H]21. The summed E-state index contributed by atoms with van der Waals surface area (Å²) in [6.07, 6.45) is -2.25. The number of hydrogen-bond acceptors (Lipinski definition) is 10. The third kappa shape index (κ3) is 2.32. The molecule has 1 aromatic rings. The normalized spacial score (nSPS) is 32.5. The Morgan fingerprint density at radius 2 is 1.77 bits per heavy atom. The van der Waals surface area contributed by atoms with Crippen molar-refractivity contribution in [1.82, 2.24) is 0 Å². The highest BCUT2D eigenvalue weighted by atomic mass is 16.4. The van der Waals surface area contributed by atoms with Crippen LogP contribution in [0.4, 0.5) is 11.4 Å². The molecule has 11 nitrogen and oxygen atoms in total. The number of rotatable bonds is 1. The van der Waals surface area contributed by atoms with Crippen molar-refractivity contribution in [3.8, 4) is 5.75 Å². The van der Waals surface area contributed by atoms with Crippen molar-refractivity contribution < 1.29 is 39.9 Å². The van der Waals surface area contributed by atoms with Crippen molar-refractivity contribution in [1.29, 1.82) is 0 Å². The topological polar surface area (TPSA) is 230 Å². The van der Waals surface area contributed by atoms with Crippen molar-refractivity contribution in [3.63, 3.8) is 0 Å². The Morgan fingerprint density at radius 3 is 2.35 bits per heavy atom. The second-order valence-corrected chi connectivity index (χ2v) is 8.18. The van der Waals surface area contributed by atoms with Gasteiger partial charge in [0.25, 0.3) is 5.91 Å². The molecule has 2 unspecified atom stereocenters. The zero-order valence-corrected chi connectivity index (χ0v) is 16.3. The van der Waals surface area contributed by atoms with E-state index in [0.29, 0.717) is 0 Å². The van der Waals surface area contributed by atoms with Gasteiger partial charge in [0.05, 0.1) is 17.4 Å². The predicted octanol–water partition coefficient (Wildman–Crippen LogP) is -0.880. The van der Waals surface area contributed by atoms with Crippen LogP contribution in [0.5, 0.6) is 5.75 Å². The van der Waals surface area contributed by atoms with E-state index in [4.69, 9.17) is 17.2 Å². The highest BCUT2D eigenvalue weighted by Gasteiger charge is 2.65. The van der Waals surface area contributed by atoms with Crippen LogP contribution >= 0.6 is 0 Å². The molecule has 0 spiro atoms. The molecule has 3 aliphatic rings. The molecule has 0 heterocycles. The summed E-state index contributed by atoms with van der Waals surface area (Å²) < 4.78 is 0. The molecular weight excluding hydrogens is 410 g/mol. The van der Waals surface area contributed by atoms with E-state index in [1.165, 1.54) is 6.07 Å². The summed E-state index contributed by atoms with van der Waals surface area (Å²) >= 11 is 0. The van der Waals surface area contributed by atoms with Gasteiger partial charge >= 0.3 is 0 Å². The molecule has 1 amide bonds. The van der Waals surface area contributed by atoms with Crippen LogP contribution in [0.3, 0.4) is 0 Å². The van der Waals surface area contributed by atoms with Crippen LogP contribution in [-0.4, -0.2) is 54.7 Å². The fourth-order valence-corrected chi connectivity index (χ4v) is 5.21. The summed E-state index contributed by atoms with van der Waals surface area (Å²) in [5, 5.41) is 54.1. The number of aliphatic hydroxyl groups is 4. The molecule has 3 aliphatic carbocycles. The Hall–Kier alpha value is -3.57. The van der Waals surface area contributed by atoms with Crippen LogP contribution in [0, 0.1) is 11.8 Å². The Morgan fingerprint density at radius 1 is 1.16 bits per heavy atom. The number of Topliss-reactive ketones (excluding diaryl/α,β-unsaturated/α-hetero) is 2. The number of amides is 1. The van der Waals surface area contributed by atoms with E-state index in [0.717, 1.165) is 0 Å². The van der Waals surface area contributed by atoms with Crippen molar-refractivity contribution in [2.24, 2.45) is 17.6 Å². The Kier molecular flexibility index (Phi) is 4.15. The van der Waals surface area contributed by atoms with Gasteiger partial charge in [-0.2, -0.15) is 0 Å². The zero-order valence-electron chi connectivity index (χ0n) is 16.3. The molecule has 5 atom stereocenters. The Bertz CT molecular complexity index is 1150. The molecular formula is C20H21N3O8. The number of benzene rings is 1. The second-order valence-electron chi connectivity index (χ2n) is 8.18. The first-order chi connectivity index (χ1) is 14.3. The molecule has 1 fully saturated rings. The molecule has 4 rings (SSSR count). The van der Waals surface area contributed by atoms with Crippen molar-refractivity contribution >= 4 is 34.6 Å². The van der Waals surface area contributed by atoms with Crippen LogP contribution in [0.25, 0.3) is 5.76 Å². The third-order valence-electron chi connectivity index (χ3n) is 6.66. The van der Waals surface area contributed by atoms with E-state index in [-0.39, 0.29) is 22.5 Å². The molecule has 0 radical (unpaired) electrons. The number of ketones is 2. The lowest BCUT2D eigenvalue weighted by molar-refractivity contribution is -0.160. The van der Waals surface area contributed by atoms with E-state index in [1.807, 2.05) is 0 Å². The smallest absolute Gasteiger partial charge is 0.255 e. The lowest BCUT2D eigenvalue weighted by Gasteiger charge is -2.50. The zero-order chi connectivity index (χ0) is 23.2. The van der Waals surface area contributed by atoms with Gasteiger partial charge in [-0.05, 0) is 17.5 Å². The highest BCUT2D eigenvalue weighted by molar-refractivity contribution is 6.23. The summed E-state index contributed by atoms with van der Waals surface area (Å²) in [6, 6.07) is 1.27. The highest BCUT2D eigenvalue weighted by Crippen LogP contribution is 2.57. The largest absolute Gasteiger partial charge is 0.508 e. The number of anilines is 2. The van der Waals surface area contributed by atoms with Gasteiger partial charge in [0.15, 0.2) is 11.4 Å². The maximum absolute atomic E-state index is 13.4. The number of fused-ring (bicyclic) bond motifs is 3. The van der Waals surface area contributed by atoms with Gasteiger partial charge in [-0.1, -0.05) is 6.92 Å². The molecule has 31 heavy (non-hydrogen) atoms. The summed E-state index contributed by atoms with van der Waals surface area (Å²) in [7, 11) is 0. The number of hydrogen-bond donors (Lipinski definition) is 8. The number of aliphatic hydroxyl groups excluding tert-OH is 3. The maximum Gasteiger partial charge on any atom is 0.255 e. The van der Waals surface area contributed by atoms with Crippen LogP contribution in [0.1, 0.15) is 30.4 Å². The van der Waals surface area contributed by atoms with E-state index in [1.54, 1.807) is 6.92 Å². The summed E-state index contributed by atoms with van der Waals surface area (Å²) in [5.74, 6) is -9.52. The molecule has 11 heteroatoms. The molecule has 0 aromatic heterocycles. The Labute approximate surface area is 175 Å². The lowest BCUT2D eigenvalue weighted by atomic mass is 9.55. The van der Waals surface area contributed by atoms with Crippen LogP contribution in [0.15, 0.2) is 23.0 Å². The van der Waals surface area contributed by atoms with Gasteiger partial charge in [-0.15, -0.1) is 0 Å². The van der Waals surface area contributed by atoms with Crippen molar-refractivity contribution in [3.05, 3.63) is 34.1 Å². The van der Waals surface area contributed by atoms with Crippen LogP contribution in [0.2, 0.25) is 0 Å². The second kappa shape index (κ2) is 6.22. The fourth-order valence-electron chi connectivity index (χ4n) is 5.21. The molecule has 11 N–H and O–H groups in total. The van der Waals surface area contributed by atoms with Crippen LogP contribution in [-0.2, 0) is 14.4 Å². The summed E-state index contributed by atoms with van der Waals surface area (Å²) in [6.45, 7) is 1.58. The van der Waals surface area contributed by atoms with E-state index < -0.39 is 81.8 Å². The average Bonchev–Trinajstić information content (AvgIpc) is 2.67. The molecule has 1 aromatic carbocycles. The van der Waals surface area contributed by atoms with Gasteiger partial charge < -0.3 is 42.7 Å². The fraction of sp³-hybridized carbons (Fsp3) is 0.350. The van der Waals surface area contributed by atoms with Crippen LogP contribution < -0.4 is 17.2 Å². The quantitative estimate of drug-likeness (QED) is 0.118. The lowest BCUT2D eigenvalue weighted by Crippen LogP contribution is -2.63. The predicted molar refractivity (Wildman–Crippen MR) is 106 cm³/mol. The minimum Gasteiger partial charge on any atom is -0.508 e. The first kappa shape index (κ1) is 20.7. The molecule has 0 aliphatic heterocycles. The first-order valence-corrected chi connectivity index (χ1v) is 9.41. The van der Waals surface area contributed by atoms with Gasteiger partial charge in [-0.25, -0.2) is 0 Å². The molecule has 0 bridgehead atoms. The molecule has 0 saturated heterocycles. The van der Waals surface area contributed by atoms with E-state index in [9.17, 15) is 39.9 Å². The number of carbonyl (C=O) groups is 3. The van der Waals surface area contributed by atoms with Gasteiger partial charge in [0.2, 0.25) is 5.78 Å². The maximum atomic E-state index is 13.4. The first-order valence-electron chi connectivity index (χ1n) is 9.41. The minimum atomic E-state index is -2.88. The number of phenols is 1. The average molecular weight is 431 g/mol. The number of aromatic hydroxyl groups is 1. The number of phenolic OH excluding ortho intramolecular Hbond substituents is 1. The van der Waals surface area contributed by atoms with Gasteiger partial charge in [0.1, 0.15) is 22.8 Å². The number of primary amides is 1. The van der Waals surface area contributed by atoms with Gasteiger partial charge in [0, 0.05) is 29.5 Å². The number of carbonyl (C=O) groups excluding carboxylic acids is 3. The third-order valence-corrected chi connectivity index (χ3v) is 6.66. The minimum absolute atomic E-state index is 0.0994. The van der Waals surface area contributed by atoms with Crippen molar-refractivity contribution in [2.75, 3.05) is 11.5 Å². The number of nitrogen functional groups attached to an aromatic ring is 2. The Balaban J connectivity index is 2.05. The standard InChI is InChI=1S/C20H21N3O8/c1-4-9-6(21)3-7(22)15(26)12(9)16(27)13-10(4)14(25)5-2-8(24)11(19(23)30)17(28)20(5,31)18(13)29/h3-5,10,14,25-28,31H,2,21-22H2,1H3,(H2,23,30)/t4?,5-,10-,14?,20-/m1/s1. The van der Waals surface area contributed by atoms with E-state index in [2.05, 4.69) is 0 Å². The van der Waals surface area contributed by atoms with Crippen molar-refractivity contribution in [2.45, 2.75) is 31.0 Å².